The SMILES string of the molecule is O=C(Nc1cccc(Cl)c1)Nc1ccc(N2CCCCCC2)cn1. The molecule has 0 bridgehead atoms. The fourth-order valence-corrected chi connectivity index (χ4v) is 3.01. The molecule has 126 valence electrons. The van der Waals surface area contributed by atoms with Crippen molar-refractivity contribution in [3.63, 3.8) is 0 Å². The maximum Gasteiger partial charge on any atom is 0.324 e. The number of rotatable bonds is 3. The van der Waals surface area contributed by atoms with Gasteiger partial charge in [0.25, 0.3) is 0 Å². The number of nitrogens with zero attached hydrogens (tertiary/aromatic N) is 2. The maximum absolute atomic E-state index is 12.0. The minimum atomic E-state index is -0.340. The van der Waals surface area contributed by atoms with Gasteiger partial charge in [0.2, 0.25) is 0 Å². The van der Waals surface area contributed by atoms with Gasteiger partial charge in [0, 0.05) is 23.8 Å². The highest BCUT2D eigenvalue weighted by molar-refractivity contribution is 6.30. The van der Waals surface area contributed by atoms with Gasteiger partial charge >= 0.3 is 6.03 Å². The van der Waals surface area contributed by atoms with Crippen molar-refractivity contribution < 1.29 is 4.79 Å². The number of benzene rings is 1. The van der Waals surface area contributed by atoms with Crippen molar-refractivity contribution in [2.75, 3.05) is 28.6 Å². The van der Waals surface area contributed by atoms with Crippen LogP contribution < -0.4 is 15.5 Å². The molecule has 2 heterocycles. The van der Waals surface area contributed by atoms with Gasteiger partial charge in [-0.2, -0.15) is 0 Å². The summed E-state index contributed by atoms with van der Waals surface area (Å²) in [5.74, 6) is 0.521. The zero-order chi connectivity index (χ0) is 16.8. The Hall–Kier alpha value is -2.27. The first-order valence-corrected chi connectivity index (χ1v) is 8.63. The standard InChI is InChI=1S/C18H21ClN4O/c19-14-6-5-7-15(12-14)21-18(24)22-17-9-8-16(13-20-17)23-10-3-1-2-4-11-23/h5-9,12-13H,1-4,10-11H2,(H2,20,21,22,24). The van der Waals surface area contributed by atoms with Crippen LogP contribution in [0.5, 0.6) is 0 Å². The minimum Gasteiger partial charge on any atom is -0.370 e. The zero-order valence-electron chi connectivity index (χ0n) is 13.5. The van der Waals surface area contributed by atoms with Crippen molar-refractivity contribution in [3.8, 4) is 0 Å². The van der Waals surface area contributed by atoms with Crippen LogP contribution in [0.15, 0.2) is 42.6 Å². The Morgan fingerprint density at radius 1 is 1.04 bits per heavy atom. The van der Waals surface area contributed by atoms with E-state index in [2.05, 4.69) is 20.5 Å². The average Bonchev–Trinajstić information content (AvgIpc) is 2.85. The first-order valence-electron chi connectivity index (χ1n) is 8.25. The van der Waals surface area contributed by atoms with Crippen molar-refractivity contribution in [3.05, 3.63) is 47.6 Å². The van der Waals surface area contributed by atoms with Crippen LogP contribution in [-0.2, 0) is 0 Å². The van der Waals surface area contributed by atoms with E-state index in [1.54, 1.807) is 24.3 Å². The highest BCUT2D eigenvalue weighted by Gasteiger charge is 2.10. The molecule has 2 aromatic rings. The van der Waals surface area contributed by atoms with Gasteiger partial charge in [0.15, 0.2) is 0 Å². The number of nitrogens with one attached hydrogen (secondary N) is 2. The quantitative estimate of drug-likeness (QED) is 0.844. The summed E-state index contributed by atoms with van der Waals surface area (Å²) in [6.07, 6.45) is 6.87. The highest BCUT2D eigenvalue weighted by Crippen LogP contribution is 2.20. The second kappa shape index (κ2) is 8.02. The summed E-state index contributed by atoms with van der Waals surface area (Å²) in [6, 6.07) is 10.5. The predicted octanol–water partition coefficient (Wildman–Crippen LogP) is 4.76. The number of hydrogen-bond acceptors (Lipinski definition) is 3. The predicted molar refractivity (Wildman–Crippen MR) is 99.0 cm³/mol. The first kappa shape index (κ1) is 16.6. The van der Waals surface area contributed by atoms with E-state index in [1.807, 2.05) is 18.3 Å². The molecule has 0 unspecified atom stereocenters. The topological polar surface area (TPSA) is 57.3 Å². The molecule has 0 atom stereocenters. The van der Waals surface area contributed by atoms with Gasteiger partial charge in [-0.15, -0.1) is 0 Å². The van der Waals surface area contributed by atoms with Crippen molar-refractivity contribution in [1.82, 2.24) is 4.98 Å². The minimum absolute atomic E-state index is 0.340. The van der Waals surface area contributed by atoms with Gasteiger partial charge in [-0.3, -0.25) is 5.32 Å². The maximum atomic E-state index is 12.0. The average molecular weight is 345 g/mol. The van der Waals surface area contributed by atoms with Crippen LogP contribution in [0, 0.1) is 0 Å². The first-order chi connectivity index (χ1) is 11.7. The Morgan fingerprint density at radius 3 is 2.50 bits per heavy atom. The number of anilines is 3. The molecule has 6 heteroatoms. The second-order valence-corrected chi connectivity index (χ2v) is 6.33. The molecule has 1 aromatic heterocycles. The summed E-state index contributed by atoms with van der Waals surface area (Å²) < 4.78 is 0. The van der Waals surface area contributed by atoms with Crippen LogP contribution in [0.2, 0.25) is 5.02 Å². The summed E-state index contributed by atoms with van der Waals surface area (Å²) >= 11 is 5.90. The largest absolute Gasteiger partial charge is 0.370 e. The third-order valence-corrected chi connectivity index (χ3v) is 4.28. The molecule has 24 heavy (non-hydrogen) atoms. The zero-order valence-corrected chi connectivity index (χ0v) is 14.2. The molecule has 2 N–H and O–H groups in total. The molecule has 1 aliphatic rings. The number of carbonyl (C=O) groups excluding carboxylic acids is 1. The monoisotopic (exact) mass is 344 g/mol. The molecular formula is C18H21ClN4O. The van der Waals surface area contributed by atoms with Crippen LogP contribution in [0.3, 0.4) is 0 Å². The smallest absolute Gasteiger partial charge is 0.324 e. The van der Waals surface area contributed by atoms with Crippen LogP contribution in [0.1, 0.15) is 25.7 Å². The van der Waals surface area contributed by atoms with E-state index >= 15 is 0 Å². The van der Waals surface area contributed by atoms with Gasteiger partial charge in [-0.05, 0) is 43.2 Å². The van der Waals surface area contributed by atoms with Gasteiger partial charge in [-0.25, -0.2) is 9.78 Å². The molecule has 2 amide bonds. The second-order valence-electron chi connectivity index (χ2n) is 5.89. The number of amides is 2. The number of halogens is 1. The highest BCUT2D eigenvalue weighted by atomic mass is 35.5. The van der Waals surface area contributed by atoms with Crippen LogP contribution >= 0.6 is 11.6 Å². The third-order valence-electron chi connectivity index (χ3n) is 4.04. The van der Waals surface area contributed by atoms with Crippen molar-refractivity contribution in [2.24, 2.45) is 0 Å². The van der Waals surface area contributed by atoms with Crippen LogP contribution in [0.4, 0.5) is 22.0 Å². The fraction of sp³-hybridized carbons (Fsp3) is 0.333. The lowest BCUT2D eigenvalue weighted by atomic mass is 10.2. The molecule has 1 aliphatic heterocycles. The summed E-state index contributed by atoms with van der Waals surface area (Å²) in [5, 5.41) is 6.04. The van der Waals surface area contributed by atoms with Gasteiger partial charge in [-0.1, -0.05) is 30.5 Å². The van der Waals surface area contributed by atoms with Gasteiger partial charge < -0.3 is 10.2 Å². The Balaban J connectivity index is 1.58. The number of pyridine rings is 1. The summed E-state index contributed by atoms with van der Waals surface area (Å²) in [6.45, 7) is 2.15. The molecule has 1 aromatic carbocycles. The van der Waals surface area contributed by atoms with Gasteiger partial charge in [0.1, 0.15) is 5.82 Å². The van der Waals surface area contributed by atoms with E-state index in [9.17, 15) is 4.79 Å². The van der Waals surface area contributed by atoms with Crippen molar-refractivity contribution >= 4 is 34.8 Å². The normalized spacial score (nSPS) is 14.8. The number of carbonyl (C=O) groups is 1. The Labute approximate surface area is 147 Å². The summed E-state index contributed by atoms with van der Waals surface area (Å²) in [5.41, 5.74) is 1.75. The molecule has 0 saturated carbocycles. The van der Waals surface area contributed by atoms with E-state index in [1.165, 1.54) is 25.7 Å². The lowest BCUT2D eigenvalue weighted by Gasteiger charge is -2.22. The number of hydrogen-bond donors (Lipinski definition) is 2. The number of urea groups is 1. The lowest BCUT2D eigenvalue weighted by molar-refractivity contribution is 0.262. The summed E-state index contributed by atoms with van der Waals surface area (Å²) in [4.78, 5) is 18.7. The molecule has 0 aliphatic carbocycles. The molecule has 5 nitrogen and oxygen atoms in total. The van der Waals surface area contributed by atoms with Crippen LogP contribution in [0.25, 0.3) is 0 Å². The Bertz CT molecular complexity index is 682. The van der Waals surface area contributed by atoms with E-state index < -0.39 is 0 Å². The van der Waals surface area contributed by atoms with E-state index in [4.69, 9.17) is 11.6 Å². The summed E-state index contributed by atoms with van der Waals surface area (Å²) in [7, 11) is 0. The van der Waals surface area contributed by atoms with Crippen molar-refractivity contribution in [1.29, 1.82) is 0 Å². The van der Waals surface area contributed by atoms with E-state index in [0.29, 0.717) is 16.5 Å². The van der Waals surface area contributed by atoms with E-state index in [-0.39, 0.29) is 6.03 Å². The van der Waals surface area contributed by atoms with Crippen molar-refractivity contribution in [2.45, 2.75) is 25.7 Å². The Kier molecular flexibility index (Phi) is 5.54. The molecule has 1 saturated heterocycles. The molecule has 3 rings (SSSR count). The fourth-order valence-electron chi connectivity index (χ4n) is 2.82. The molecule has 0 radical (unpaired) electrons. The van der Waals surface area contributed by atoms with Crippen LogP contribution in [-0.4, -0.2) is 24.1 Å². The molecule has 1 fully saturated rings. The molecular weight excluding hydrogens is 324 g/mol. The lowest BCUT2D eigenvalue weighted by Crippen LogP contribution is -2.24. The Morgan fingerprint density at radius 2 is 1.83 bits per heavy atom. The van der Waals surface area contributed by atoms with E-state index in [0.717, 1.165) is 18.8 Å². The number of aromatic nitrogens is 1. The van der Waals surface area contributed by atoms with Gasteiger partial charge in [0.05, 0.1) is 11.9 Å². The third kappa shape index (κ3) is 4.61. The molecule has 0 spiro atoms.